The van der Waals surface area contributed by atoms with Gasteiger partial charge in [0.05, 0.1) is 20.1 Å². The number of methoxy groups -OCH3 is 2. The molecule has 0 aliphatic heterocycles. The average molecular weight is 270 g/mol. The summed E-state index contributed by atoms with van der Waals surface area (Å²) in [5, 5.41) is 0. The molecule has 0 aromatic heterocycles. The molecule has 4 atom stereocenters. The summed E-state index contributed by atoms with van der Waals surface area (Å²) in [5.74, 6) is 0.466. The SMILES string of the molecule is COC(=O)CCC1(C)C(C(=O)OC)CCC(C)C1C. The van der Waals surface area contributed by atoms with Crippen LogP contribution in [0.5, 0.6) is 0 Å². The van der Waals surface area contributed by atoms with E-state index in [2.05, 4.69) is 20.8 Å². The first-order valence-electron chi connectivity index (χ1n) is 7.01. The fourth-order valence-electron chi connectivity index (χ4n) is 3.38. The van der Waals surface area contributed by atoms with Crippen LogP contribution in [-0.2, 0) is 19.1 Å². The zero-order chi connectivity index (χ0) is 14.6. The van der Waals surface area contributed by atoms with Crippen molar-refractivity contribution < 1.29 is 19.1 Å². The molecular formula is C15H26O4. The van der Waals surface area contributed by atoms with Crippen LogP contribution in [0.4, 0.5) is 0 Å². The second kappa shape index (κ2) is 6.40. The molecule has 4 unspecified atom stereocenters. The Bertz CT molecular complexity index is 339. The number of esters is 2. The van der Waals surface area contributed by atoms with Crippen LogP contribution in [0.25, 0.3) is 0 Å². The number of carbonyl (C=O) groups excluding carboxylic acids is 2. The highest BCUT2D eigenvalue weighted by molar-refractivity contribution is 5.74. The Balaban J connectivity index is 2.90. The molecule has 1 saturated carbocycles. The van der Waals surface area contributed by atoms with Crippen molar-refractivity contribution in [2.75, 3.05) is 14.2 Å². The molecule has 0 amide bonds. The minimum Gasteiger partial charge on any atom is -0.469 e. The maximum Gasteiger partial charge on any atom is 0.309 e. The number of hydrogen-bond donors (Lipinski definition) is 0. The lowest BCUT2D eigenvalue weighted by atomic mass is 9.56. The third kappa shape index (κ3) is 3.28. The van der Waals surface area contributed by atoms with Crippen molar-refractivity contribution in [3.8, 4) is 0 Å². The Kier molecular flexibility index (Phi) is 5.39. The van der Waals surface area contributed by atoms with Gasteiger partial charge in [-0.3, -0.25) is 9.59 Å². The first-order chi connectivity index (χ1) is 8.86. The van der Waals surface area contributed by atoms with Crippen LogP contribution in [0.1, 0.15) is 46.5 Å². The first-order valence-corrected chi connectivity index (χ1v) is 7.01. The molecule has 0 heterocycles. The van der Waals surface area contributed by atoms with Crippen LogP contribution in [0.2, 0.25) is 0 Å². The molecule has 0 radical (unpaired) electrons. The molecule has 0 N–H and O–H groups in total. The Labute approximate surface area is 115 Å². The smallest absolute Gasteiger partial charge is 0.309 e. The van der Waals surface area contributed by atoms with E-state index in [4.69, 9.17) is 9.47 Å². The molecule has 1 aliphatic rings. The number of hydrogen-bond acceptors (Lipinski definition) is 4. The summed E-state index contributed by atoms with van der Waals surface area (Å²) in [6.07, 6.45) is 2.91. The van der Waals surface area contributed by atoms with Crippen LogP contribution in [0.15, 0.2) is 0 Å². The maximum absolute atomic E-state index is 12.0. The molecule has 0 saturated heterocycles. The van der Waals surface area contributed by atoms with Gasteiger partial charge in [-0.1, -0.05) is 20.8 Å². The normalized spacial score (nSPS) is 34.7. The van der Waals surface area contributed by atoms with E-state index in [1.54, 1.807) is 0 Å². The maximum atomic E-state index is 12.0. The van der Waals surface area contributed by atoms with Crippen molar-refractivity contribution in [3.05, 3.63) is 0 Å². The molecular weight excluding hydrogens is 244 g/mol. The molecule has 0 aromatic rings. The van der Waals surface area contributed by atoms with E-state index in [1.807, 2.05) is 0 Å². The summed E-state index contributed by atoms with van der Waals surface area (Å²) in [6.45, 7) is 6.50. The molecule has 1 aliphatic carbocycles. The summed E-state index contributed by atoms with van der Waals surface area (Å²) in [7, 11) is 2.83. The second-order valence-corrected chi connectivity index (χ2v) is 6.00. The zero-order valence-corrected chi connectivity index (χ0v) is 12.7. The Morgan fingerprint density at radius 1 is 1.16 bits per heavy atom. The lowest BCUT2D eigenvalue weighted by molar-refractivity contribution is -0.158. The number of ether oxygens (including phenoxy) is 2. The minimum atomic E-state index is -0.213. The Morgan fingerprint density at radius 3 is 2.32 bits per heavy atom. The standard InChI is InChI=1S/C15H26O4/c1-10-6-7-12(14(17)19-5)15(3,11(10)2)9-8-13(16)18-4/h10-12H,6-9H2,1-5H3. The van der Waals surface area contributed by atoms with Gasteiger partial charge in [-0.15, -0.1) is 0 Å². The quantitative estimate of drug-likeness (QED) is 0.737. The van der Waals surface area contributed by atoms with Crippen molar-refractivity contribution in [3.63, 3.8) is 0 Å². The fourth-order valence-corrected chi connectivity index (χ4v) is 3.38. The highest BCUT2D eigenvalue weighted by atomic mass is 16.5. The fraction of sp³-hybridized carbons (Fsp3) is 0.867. The van der Waals surface area contributed by atoms with Crippen LogP contribution in [0.3, 0.4) is 0 Å². The Morgan fingerprint density at radius 2 is 1.79 bits per heavy atom. The average Bonchev–Trinajstić information content (AvgIpc) is 2.41. The van der Waals surface area contributed by atoms with Crippen LogP contribution in [-0.4, -0.2) is 26.2 Å². The van der Waals surface area contributed by atoms with E-state index in [1.165, 1.54) is 14.2 Å². The molecule has 4 nitrogen and oxygen atoms in total. The van der Waals surface area contributed by atoms with E-state index in [9.17, 15) is 9.59 Å². The van der Waals surface area contributed by atoms with Crippen molar-refractivity contribution in [1.29, 1.82) is 0 Å². The van der Waals surface area contributed by atoms with Crippen LogP contribution >= 0.6 is 0 Å². The minimum absolute atomic E-state index is 0.117. The lowest BCUT2D eigenvalue weighted by Gasteiger charge is -2.48. The van der Waals surface area contributed by atoms with Crippen molar-refractivity contribution in [1.82, 2.24) is 0 Å². The molecule has 4 heteroatoms. The van der Waals surface area contributed by atoms with Crippen molar-refractivity contribution in [2.45, 2.75) is 46.5 Å². The predicted molar refractivity (Wildman–Crippen MR) is 72.4 cm³/mol. The van der Waals surface area contributed by atoms with E-state index in [0.717, 1.165) is 12.8 Å². The van der Waals surface area contributed by atoms with E-state index in [0.29, 0.717) is 24.7 Å². The van der Waals surface area contributed by atoms with E-state index >= 15 is 0 Å². The monoisotopic (exact) mass is 270 g/mol. The van der Waals surface area contributed by atoms with E-state index in [-0.39, 0.29) is 23.3 Å². The molecule has 0 spiro atoms. The summed E-state index contributed by atoms with van der Waals surface area (Å²) in [5.41, 5.74) is -0.195. The highest BCUT2D eigenvalue weighted by Crippen LogP contribution is 2.51. The third-order valence-corrected chi connectivity index (χ3v) is 5.18. The summed E-state index contributed by atoms with van der Waals surface area (Å²) in [4.78, 5) is 23.4. The second-order valence-electron chi connectivity index (χ2n) is 6.00. The van der Waals surface area contributed by atoms with Gasteiger partial charge in [-0.25, -0.2) is 0 Å². The summed E-state index contributed by atoms with van der Waals surface area (Å²) >= 11 is 0. The van der Waals surface area contributed by atoms with Gasteiger partial charge >= 0.3 is 11.9 Å². The van der Waals surface area contributed by atoms with Crippen LogP contribution < -0.4 is 0 Å². The van der Waals surface area contributed by atoms with Gasteiger partial charge in [0, 0.05) is 6.42 Å². The van der Waals surface area contributed by atoms with Crippen LogP contribution in [0, 0.1) is 23.2 Å². The van der Waals surface area contributed by atoms with Crippen molar-refractivity contribution >= 4 is 11.9 Å². The number of carbonyl (C=O) groups is 2. The zero-order valence-electron chi connectivity index (χ0n) is 12.7. The molecule has 0 bridgehead atoms. The molecule has 0 aromatic carbocycles. The van der Waals surface area contributed by atoms with Gasteiger partial charge in [0.2, 0.25) is 0 Å². The van der Waals surface area contributed by atoms with E-state index < -0.39 is 0 Å². The van der Waals surface area contributed by atoms with Gasteiger partial charge in [-0.05, 0) is 36.5 Å². The summed E-state index contributed by atoms with van der Waals surface area (Å²) < 4.78 is 9.66. The summed E-state index contributed by atoms with van der Waals surface area (Å²) in [6, 6.07) is 0. The van der Waals surface area contributed by atoms with Gasteiger partial charge in [0.1, 0.15) is 0 Å². The highest BCUT2D eigenvalue weighted by Gasteiger charge is 2.48. The predicted octanol–water partition coefficient (Wildman–Crippen LogP) is 2.80. The van der Waals surface area contributed by atoms with Gasteiger partial charge in [0.15, 0.2) is 0 Å². The van der Waals surface area contributed by atoms with Crippen molar-refractivity contribution in [2.24, 2.45) is 23.2 Å². The molecule has 19 heavy (non-hydrogen) atoms. The Hall–Kier alpha value is -1.06. The molecule has 1 fully saturated rings. The number of rotatable bonds is 4. The van der Waals surface area contributed by atoms with Gasteiger partial charge in [-0.2, -0.15) is 0 Å². The molecule has 110 valence electrons. The lowest BCUT2D eigenvalue weighted by Crippen LogP contribution is -2.45. The third-order valence-electron chi connectivity index (χ3n) is 5.18. The molecule has 1 rings (SSSR count). The first kappa shape index (κ1) is 16.0. The van der Waals surface area contributed by atoms with Gasteiger partial charge in [0.25, 0.3) is 0 Å². The topological polar surface area (TPSA) is 52.6 Å². The largest absolute Gasteiger partial charge is 0.469 e. The van der Waals surface area contributed by atoms with Gasteiger partial charge < -0.3 is 9.47 Å².